The third kappa shape index (κ3) is 4.30. The molecule has 0 amide bonds. The molecule has 1 aliphatic heterocycles. The predicted octanol–water partition coefficient (Wildman–Crippen LogP) is 3.04. The van der Waals surface area contributed by atoms with Crippen molar-refractivity contribution < 1.29 is 9.47 Å². The Kier molecular flexibility index (Phi) is 5.99. The van der Waals surface area contributed by atoms with Crippen LogP contribution in [0.3, 0.4) is 0 Å². The average molecular weight is 278 g/mol. The summed E-state index contributed by atoms with van der Waals surface area (Å²) in [7, 11) is 0. The average Bonchev–Trinajstić information content (AvgIpc) is 2.49. The van der Waals surface area contributed by atoms with Crippen LogP contribution in [0.4, 0.5) is 5.69 Å². The molecular weight excluding hydrogens is 252 g/mol. The Morgan fingerprint density at radius 2 is 1.95 bits per heavy atom. The van der Waals surface area contributed by atoms with Crippen molar-refractivity contribution in [2.45, 2.75) is 39.2 Å². The first-order chi connectivity index (χ1) is 9.83. The molecule has 1 fully saturated rings. The van der Waals surface area contributed by atoms with Crippen molar-refractivity contribution in [3.63, 3.8) is 0 Å². The highest BCUT2D eigenvalue weighted by molar-refractivity contribution is 5.54. The van der Waals surface area contributed by atoms with Gasteiger partial charge in [0.05, 0.1) is 13.2 Å². The monoisotopic (exact) mass is 278 g/mol. The van der Waals surface area contributed by atoms with E-state index in [2.05, 4.69) is 16.7 Å². The van der Waals surface area contributed by atoms with Gasteiger partial charge in [0.2, 0.25) is 0 Å². The van der Waals surface area contributed by atoms with Crippen LogP contribution in [-0.2, 0) is 0 Å². The summed E-state index contributed by atoms with van der Waals surface area (Å²) in [5.41, 5.74) is 1.09. The minimum absolute atomic E-state index is 0.575. The van der Waals surface area contributed by atoms with Gasteiger partial charge in [-0.25, -0.2) is 0 Å². The smallest absolute Gasteiger partial charge is 0.163 e. The second kappa shape index (κ2) is 8.00. The van der Waals surface area contributed by atoms with Crippen LogP contribution in [0.25, 0.3) is 0 Å². The molecule has 4 heteroatoms. The highest BCUT2D eigenvalue weighted by Crippen LogP contribution is 2.30. The molecule has 0 spiro atoms. The summed E-state index contributed by atoms with van der Waals surface area (Å²) in [4.78, 5) is 0. The normalized spacial score (nSPS) is 18.6. The number of nitrogens with one attached hydrogen (secondary N) is 2. The van der Waals surface area contributed by atoms with Gasteiger partial charge in [-0.05, 0) is 45.4 Å². The third-order valence-corrected chi connectivity index (χ3v) is 3.51. The number of hydrogen-bond donors (Lipinski definition) is 2. The number of piperidine rings is 1. The lowest BCUT2D eigenvalue weighted by Gasteiger charge is -2.24. The van der Waals surface area contributed by atoms with Gasteiger partial charge in [-0.3, -0.25) is 0 Å². The van der Waals surface area contributed by atoms with E-state index in [1.54, 1.807) is 0 Å². The highest BCUT2D eigenvalue weighted by atomic mass is 16.5. The van der Waals surface area contributed by atoms with E-state index < -0.39 is 0 Å². The quantitative estimate of drug-likeness (QED) is 0.804. The zero-order chi connectivity index (χ0) is 14.2. The van der Waals surface area contributed by atoms with Gasteiger partial charge in [0.1, 0.15) is 0 Å². The maximum Gasteiger partial charge on any atom is 0.163 e. The van der Waals surface area contributed by atoms with Gasteiger partial charge < -0.3 is 20.1 Å². The molecule has 1 atom stereocenters. The van der Waals surface area contributed by atoms with Gasteiger partial charge in [-0.1, -0.05) is 6.42 Å². The molecule has 0 aliphatic carbocycles. The van der Waals surface area contributed by atoms with Crippen molar-refractivity contribution in [2.75, 3.05) is 31.6 Å². The van der Waals surface area contributed by atoms with Crippen molar-refractivity contribution >= 4 is 5.69 Å². The molecule has 1 aromatic carbocycles. The van der Waals surface area contributed by atoms with E-state index in [-0.39, 0.29) is 0 Å². The van der Waals surface area contributed by atoms with Crippen molar-refractivity contribution in [1.82, 2.24) is 5.32 Å². The standard InChI is InChI=1S/C16H26N2O2/c1-3-19-15-9-8-13(11-16(15)20-4-2)18-12-14-7-5-6-10-17-14/h8-9,11,14,17-18H,3-7,10,12H2,1-2H3. The van der Waals surface area contributed by atoms with Crippen LogP contribution in [0.15, 0.2) is 18.2 Å². The van der Waals surface area contributed by atoms with Gasteiger partial charge >= 0.3 is 0 Å². The van der Waals surface area contributed by atoms with Crippen molar-refractivity contribution in [2.24, 2.45) is 0 Å². The molecule has 1 aromatic rings. The van der Waals surface area contributed by atoms with E-state index in [1.165, 1.54) is 19.3 Å². The number of ether oxygens (including phenoxy) is 2. The molecule has 4 nitrogen and oxygen atoms in total. The molecule has 1 aliphatic rings. The molecule has 0 radical (unpaired) electrons. The predicted molar refractivity (Wildman–Crippen MR) is 82.9 cm³/mol. The molecule has 2 N–H and O–H groups in total. The van der Waals surface area contributed by atoms with E-state index in [0.717, 1.165) is 30.3 Å². The molecule has 20 heavy (non-hydrogen) atoms. The zero-order valence-electron chi connectivity index (χ0n) is 12.6. The first kappa shape index (κ1) is 15.0. The second-order valence-electron chi connectivity index (χ2n) is 5.06. The van der Waals surface area contributed by atoms with Crippen molar-refractivity contribution in [3.05, 3.63) is 18.2 Å². The van der Waals surface area contributed by atoms with E-state index in [1.807, 2.05) is 26.0 Å². The lowest BCUT2D eigenvalue weighted by Crippen LogP contribution is -2.39. The largest absolute Gasteiger partial charge is 0.490 e. The number of anilines is 1. The molecule has 1 saturated heterocycles. The summed E-state index contributed by atoms with van der Waals surface area (Å²) in [5, 5.41) is 7.03. The second-order valence-corrected chi connectivity index (χ2v) is 5.06. The molecule has 0 bridgehead atoms. The summed E-state index contributed by atoms with van der Waals surface area (Å²) < 4.78 is 11.2. The third-order valence-electron chi connectivity index (χ3n) is 3.51. The Balaban J connectivity index is 1.94. The molecule has 2 rings (SSSR count). The van der Waals surface area contributed by atoms with Crippen LogP contribution < -0.4 is 20.1 Å². The summed E-state index contributed by atoms with van der Waals surface area (Å²) in [6.45, 7) is 7.37. The Labute approximate surface area is 121 Å². The van der Waals surface area contributed by atoms with Gasteiger partial charge in [0.15, 0.2) is 11.5 Å². The van der Waals surface area contributed by atoms with Gasteiger partial charge in [0, 0.05) is 24.3 Å². The first-order valence-corrected chi connectivity index (χ1v) is 7.70. The van der Waals surface area contributed by atoms with E-state index in [9.17, 15) is 0 Å². The fourth-order valence-electron chi connectivity index (χ4n) is 2.50. The van der Waals surface area contributed by atoms with E-state index in [4.69, 9.17) is 9.47 Å². The van der Waals surface area contributed by atoms with Gasteiger partial charge in [-0.15, -0.1) is 0 Å². The van der Waals surface area contributed by atoms with Crippen LogP contribution in [0.1, 0.15) is 33.1 Å². The van der Waals surface area contributed by atoms with Crippen LogP contribution in [0.2, 0.25) is 0 Å². The Morgan fingerprint density at radius 3 is 2.65 bits per heavy atom. The molecule has 112 valence electrons. The zero-order valence-corrected chi connectivity index (χ0v) is 12.6. The minimum atomic E-state index is 0.575. The van der Waals surface area contributed by atoms with Crippen molar-refractivity contribution in [1.29, 1.82) is 0 Å². The SMILES string of the molecule is CCOc1ccc(NCC2CCCCN2)cc1OCC. The van der Waals surface area contributed by atoms with Crippen LogP contribution in [-0.4, -0.2) is 32.3 Å². The topological polar surface area (TPSA) is 42.5 Å². The first-order valence-electron chi connectivity index (χ1n) is 7.70. The van der Waals surface area contributed by atoms with Gasteiger partial charge in [-0.2, -0.15) is 0 Å². The lowest BCUT2D eigenvalue weighted by molar-refractivity contribution is 0.288. The number of rotatable bonds is 7. The highest BCUT2D eigenvalue weighted by Gasteiger charge is 2.12. The fourth-order valence-corrected chi connectivity index (χ4v) is 2.50. The maximum atomic E-state index is 5.64. The van der Waals surface area contributed by atoms with Crippen LogP contribution in [0, 0.1) is 0 Å². The Morgan fingerprint density at radius 1 is 1.15 bits per heavy atom. The van der Waals surface area contributed by atoms with Crippen LogP contribution in [0.5, 0.6) is 11.5 Å². The Hall–Kier alpha value is -1.42. The van der Waals surface area contributed by atoms with Crippen LogP contribution >= 0.6 is 0 Å². The summed E-state index contributed by atoms with van der Waals surface area (Å²) in [6, 6.07) is 6.63. The number of hydrogen-bond acceptors (Lipinski definition) is 4. The minimum Gasteiger partial charge on any atom is -0.490 e. The lowest BCUT2D eigenvalue weighted by atomic mass is 10.1. The van der Waals surface area contributed by atoms with Crippen molar-refractivity contribution in [3.8, 4) is 11.5 Å². The van der Waals surface area contributed by atoms with E-state index in [0.29, 0.717) is 19.3 Å². The molecular formula is C16H26N2O2. The molecule has 0 aromatic heterocycles. The fraction of sp³-hybridized carbons (Fsp3) is 0.625. The summed E-state index contributed by atoms with van der Waals surface area (Å²) >= 11 is 0. The summed E-state index contributed by atoms with van der Waals surface area (Å²) in [5.74, 6) is 1.63. The summed E-state index contributed by atoms with van der Waals surface area (Å²) in [6.07, 6.45) is 3.88. The molecule has 1 unspecified atom stereocenters. The molecule has 0 saturated carbocycles. The maximum absolute atomic E-state index is 5.64. The van der Waals surface area contributed by atoms with E-state index >= 15 is 0 Å². The molecule has 1 heterocycles. The van der Waals surface area contributed by atoms with Gasteiger partial charge in [0.25, 0.3) is 0 Å². The number of benzene rings is 1. The Bertz CT molecular complexity index is 403.